The molecule has 160 valence electrons. The van der Waals surface area contributed by atoms with Gasteiger partial charge in [-0.15, -0.1) is 0 Å². The fraction of sp³-hybridized carbons (Fsp3) is 0.316. The van der Waals surface area contributed by atoms with Gasteiger partial charge in [-0.3, -0.25) is 9.12 Å². The maximum Gasteiger partial charge on any atom is 0.229 e. The second kappa shape index (κ2) is 7.17. The van der Waals surface area contributed by atoms with Crippen molar-refractivity contribution in [2.75, 3.05) is 25.2 Å². The first-order chi connectivity index (χ1) is 14.1. The minimum atomic E-state index is -3.52. The van der Waals surface area contributed by atoms with E-state index in [2.05, 4.69) is 9.71 Å². The van der Waals surface area contributed by atoms with Gasteiger partial charge in [0.15, 0.2) is 9.84 Å². The molecule has 1 aromatic carbocycles. The minimum absolute atomic E-state index is 0.113. The van der Waals surface area contributed by atoms with Crippen molar-refractivity contribution in [3.63, 3.8) is 0 Å². The minimum Gasteiger partial charge on any atom is -0.495 e. The zero-order valence-corrected chi connectivity index (χ0v) is 18.2. The highest BCUT2D eigenvalue weighted by Gasteiger charge is 2.39. The number of imidazole rings is 1. The molecule has 1 saturated carbocycles. The van der Waals surface area contributed by atoms with Gasteiger partial charge in [0.2, 0.25) is 10.0 Å². The number of benzene rings is 1. The summed E-state index contributed by atoms with van der Waals surface area (Å²) in [4.78, 5) is 4.47. The lowest BCUT2D eigenvalue weighted by atomic mass is 10.1. The Labute approximate surface area is 174 Å². The van der Waals surface area contributed by atoms with E-state index in [1.54, 1.807) is 34.9 Å². The van der Waals surface area contributed by atoms with Crippen molar-refractivity contribution in [3.8, 4) is 22.8 Å². The zero-order valence-electron chi connectivity index (χ0n) is 16.6. The van der Waals surface area contributed by atoms with Crippen LogP contribution in [0.15, 0.2) is 41.6 Å². The van der Waals surface area contributed by atoms with Gasteiger partial charge in [-0.05, 0) is 31.0 Å². The van der Waals surface area contributed by atoms with Crippen molar-refractivity contribution in [2.24, 2.45) is 0 Å². The van der Waals surface area contributed by atoms with Crippen LogP contribution in [0.4, 0.5) is 5.69 Å². The number of anilines is 1. The van der Waals surface area contributed by atoms with Crippen molar-refractivity contribution in [3.05, 3.63) is 36.7 Å². The Morgan fingerprint density at radius 3 is 2.37 bits per heavy atom. The van der Waals surface area contributed by atoms with Crippen LogP contribution in [0.1, 0.15) is 12.8 Å². The van der Waals surface area contributed by atoms with Crippen molar-refractivity contribution in [1.29, 1.82) is 0 Å². The number of sulfone groups is 1. The van der Waals surface area contributed by atoms with Crippen molar-refractivity contribution in [1.82, 2.24) is 9.38 Å². The molecule has 1 fully saturated rings. The number of aromatic nitrogens is 2. The van der Waals surface area contributed by atoms with Gasteiger partial charge in [0.25, 0.3) is 0 Å². The molecule has 0 saturated heterocycles. The van der Waals surface area contributed by atoms with Crippen LogP contribution in [-0.4, -0.2) is 51.9 Å². The Kier molecular flexibility index (Phi) is 4.89. The molecular weight excluding hydrogens is 430 g/mol. The highest BCUT2D eigenvalue weighted by Crippen LogP contribution is 2.39. The van der Waals surface area contributed by atoms with Gasteiger partial charge in [-0.1, -0.05) is 0 Å². The maximum absolute atomic E-state index is 12.9. The lowest BCUT2D eigenvalue weighted by Gasteiger charge is -2.13. The average Bonchev–Trinajstić information content (AvgIpc) is 3.46. The van der Waals surface area contributed by atoms with Crippen LogP contribution in [0, 0.1) is 0 Å². The molecule has 11 heteroatoms. The van der Waals surface area contributed by atoms with E-state index >= 15 is 0 Å². The monoisotopic (exact) mass is 451 g/mol. The predicted octanol–water partition coefficient (Wildman–Crippen LogP) is 2.33. The summed E-state index contributed by atoms with van der Waals surface area (Å²) in [5, 5.41) is -0.387. The molecule has 9 nitrogen and oxygen atoms in total. The first-order valence-corrected chi connectivity index (χ1v) is 12.5. The molecule has 4 rings (SSSR count). The molecule has 0 atom stereocenters. The van der Waals surface area contributed by atoms with E-state index in [1.165, 1.54) is 20.4 Å². The van der Waals surface area contributed by atoms with E-state index in [4.69, 9.17) is 9.47 Å². The highest BCUT2D eigenvalue weighted by atomic mass is 32.2. The molecule has 1 N–H and O–H groups in total. The Balaban J connectivity index is 1.89. The molecule has 0 amide bonds. The molecule has 3 aromatic rings. The van der Waals surface area contributed by atoms with Gasteiger partial charge < -0.3 is 9.47 Å². The summed E-state index contributed by atoms with van der Waals surface area (Å²) in [6.07, 6.45) is 5.43. The van der Waals surface area contributed by atoms with Crippen molar-refractivity contribution in [2.45, 2.75) is 23.0 Å². The molecule has 0 radical (unpaired) electrons. The highest BCUT2D eigenvalue weighted by molar-refractivity contribution is 7.92. The Morgan fingerprint density at radius 2 is 1.77 bits per heavy atom. The number of methoxy groups -OCH3 is 2. The van der Waals surface area contributed by atoms with E-state index in [0.717, 1.165) is 6.26 Å². The van der Waals surface area contributed by atoms with Crippen LogP contribution >= 0.6 is 0 Å². The van der Waals surface area contributed by atoms with E-state index < -0.39 is 19.9 Å². The van der Waals surface area contributed by atoms with Crippen molar-refractivity contribution >= 4 is 31.2 Å². The Hall–Kier alpha value is -2.79. The van der Waals surface area contributed by atoms with Gasteiger partial charge in [-0.25, -0.2) is 21.8 Å². The number of pyridine rings is 1. The number of hydrogen-bond donors (Lipinski definition) is 1. The molecule has 1 aliphatic carbocycles. The summed E-state index contributed by atoms with van der Waals surface area (Å²) in [7, 11) is -4.16. The number of fused-ring (bicyclic) bond motifs is 1. The number of sulfonamides is 1. The summed E-state index contributed by atoms with van der Waals surface area (Å²) >= 11 is 0. The Morgan fingerprint density at radius 1 is 1.07 bits per heavy atom. The van der Waals surface area contributed by atoms with Gasteiger partial charge in [-0.2, -0.15) is 0 Å². The molecule has 0 spiro atoms. The largest absolute Gasteiger partial charge is 0.495 e. The summed E-state index contributed by atoms with van der Waals surface area (Å²) in [5.41, 5.74) is 2.00. The molecule has 0 unspecified atom stereocenters. The van der Waals surface area contributed by atoms with Crippen molar-refractivity contribution < 1.29 is 26.3 Å². The van der Waals surface area contributed by atoms with Crippen LogP contribution in [0.2, 0.25) is 0 Å². The molecule has 2 heterocycles. The third kappa shape index (κ3) is 3.70. The summed E-state index contributed by atoms with van der Waals surface area (Å²) in [5.74, 6) is 0.609. The maximum atomic E-state index is 12.9. The van der Waals surface area contributed by atoms with Gasteiger partial charge in [0, 0.05) is 17.8 Å². The molecule has 0 aliphatic heterocycles. The standard InChI is InChI=1S/C19H21N3O6S2/c1-27-16-7-4-12(8-14(16)21-29(3,23)24)15-10-20-19-9-17(28-2)18(11-22(15)19)30(25,26)13-5-6-13/h4,7-11,13,21H,5-6H2,1-3H3. The van der Waals surface area contributed by atoms with Crippen LogP contribution < -0.4 is 14.2 Å². The summed E-state index contributed by atoms with van der Waals surface area (Å²) in [6.45, 7) is 0. The average molecular weight is 452 g/mol. The smallest absolute Gasteiger partial charge is 0.229 e. The van der Waals surface area contributed by atoms with Crippen LogP contribution in [0.3, 0.4) is 0 Å². The van der Waals surface area contributed by atoms with E-state index in [-0.39, 0.29) is 21.6 Å². The van der Waals surface area contributed by atoms with E-state index in [0.29, 0.717) is 35.5 Å². The van der Waals surface area contributed by atoms with Crippen LogP contribution in [-0.2, 0) is 19.9 Å². The third-order valence-corrected chi connectivity index (χ3v) is 7.71. The lowest BCUT2D eigenvalue weighted by Crippen LogP contribution is -2.11. The number of rotatable bonds is 7. The molecule has 1 aliphatic rings. The van der Waals surface area contributed by atoms with Crippen LogP contribution in [0.5, 0.6) is 11.5 Å². The first-order valence-electron chi connectivity index (χ1n) is 9.09. The zero-order chi connectivity index (χ0) is 21.7. The van der Waals surface area contributed by atoms with Gasteiger partial charge in [0.05, 0.1) is 43.3 Å². The number of ether oxygens (including phenoxy) is 2. The lowest BCUT2D eigenvalue weighted by molar-refractivity contribution is 0.402. The number of hydrogen-bond acceptors (Lipinski definition) is 7. The van der Waals surface area contributed by atoms with Gasteiger partial charge >= 0.3 is 0 Å². The quantitative estimate of drug-likeness (QED) is 0.586. The second-order valence-corrected chi connectivity index (χ2v) is 11.1. The Bertz CT molecular complexity index is 1340. The fourth-order valence-corrected chi connectivity index (χ4v) is 5.63. The molecule has 30 heavy (non-hydrogen) atoms. The molecule has 2 aromatic heterocycles. The number of nitrogens with zero attached hydrogens (tertiary/aromatic N) is 2. The summed E-state index contributed by atoms with van der Waals surface area (Å²) < 4.78 is 63.8. The first kappa shape index (κ1) is 20.5. The SMILES string of the molecule is COc1ccc(-c2cnc3cc(OC)c(S(=O)(=O)C4CC4)cn23)cc1NS(C)(=O)=O. The third-order valence-electron chi connectivity index (χ3n) is 4.86. The molecular formula is C19H21N3O6S2. The normalized spacial score (nSPS) is 14.6. The molecule has 0 bridgehead atoms. The van der Waals surface area contributed by atoms with Crippen LogP contribution in [0.25, 0.3) is 16.9 Å². The van der Waals surface area contributed by atoms with E-state index in [9.17, 15) is 16.8 Å². The second-order valence-electron chi connectivity index (χ2n) is 7.11. The van der Waals surface area contributed by atoms with E-state index in [1.807, 2.05) is 0 Å². The number of nitrogens with one attached hydrogen (secondary N) is 1. The fourth-order valence-electron chi connectivity index (χ4n) is 3.28. The predicted molar refractivity (Wildman–Crippen MR) is 112 cm³/mol. The van der Waals surface area contributed by atoms with Gasteiger partial charge in [0.1, 0.15) is 22.0 Å². The summed E-state index contributed by atoms with van der Waals surface area (Å²) in [6, 6.07) is 6.57. The topological polar surface area (TPSA) is 116 Å².